The SMILES string of the molecule is NC(=O)CCCNCc1cn2cc(Cl)ccc2n1. The van der Waals surface area contributed by atoms with Gasteiger partial charge in [0.2, 0.25) is 5.91 Å². The summed E-state index contributed by atoms with van der Waals surface area (Å²) < 4.78 is 1.89. The predicted octanol–water partition coefficient (Wildman–Crippen LogP) is 1.34. The molecule has 2 aromatic rings. The molecule has 96 valence electrons. The molecule has 0 aliphatic carbocycles. The summed E-state index contributed by atoms with van der Waals surface area (Å²) in [5, 5.41) is 3.90. The van der Waals surface area contributed by atoms with Gasteiger partial charge in [0.05, 0.1) is 10.7 Å². The van der Waals surface area contributed by atoms with Crippen molar-refractivity contribution in [1.29, 1.82) is 0 Å². The maximum Gasteiger partial charge on any atom is 0.217 e. The largest absolute Gasteiger partial charge is 0.370 e. The van der Waals surface area contributed by atoms with E-state index in [9.17, 15) is 4.79 Å². The number of amides is 1. The van der Waals surface area contributed by atoms with E-state index in [-0.39, 0.29) is 5.91 Å². The highest BCUT2D eigenvalue weighted by molar-refractivity contribution is 6.30. The van der Waals surface area contributed by atoms with Gasteiger partial charge in [0.1, 0.15) is 5.65 Å². The number of imidazole rings is 1. The van der Waals surface area contributed by atoms with E-state index in [2.05, 4.69) is 10.3 Å². The topological polar surface area (TPSA) is 72.4 Å². The number of nitrogens with one attached hydrogen (secondary N) is 1. The fraction of sp³-hybridized carbons (Fsp3) is 0.333. The Kier molecular flexibility index (Phi) is 4.17. The summed E-state index contributed by atoms with van der Waals surface area (Å²) in [5.41, 5.74) is 6.87. The van der Waals surface area contributed by atoms with Gasteiger partial charge in [0, 0.05) is 25.4 Å². The number of carbonyl (C=O) groups excluding carboxylic acids is 1. The van der Waals surface area contributed by atoms with Gasteiger partial charge in [-0.2, -0.15) is 0 Å². The number of pyridine rings is 1. The molecule has 0 aromatic carbocycles. The van der Waals surface area contributed by atoms with Crippen LogP contribution in [0.2, 0.25) is 5.02 Å². The Morgan fingerprint density at radius 2 is 2.28 bits per heavy atom. The fourth-order valence-electron chi connectivity index (χ4n) is 1.71. The van der Waals surface area contributed by atoms with E-state index in [1.54, 1.807) is 0 Å². The van der Waals surface area contributed by atoms with Gasteiger partial charge < -0.3 is 15.5 Å². The van der Waals surface area contributed by atoms with Crippen LogP contribution in [0.3, 0.4) is 0 Å². The zero-order valence-corrected chi connectivity index (χ0v) is 10.7. The van der Waals surface area contributed by atoms with Gasteiger partial charge in [-0.15, -0.1) is 0 Å². The summed E-state index contributed by atoms with van der Waals surface area (Å²) >= 11 is 5.90. The minimum Gasteiger partial charge on any atom is -0.370 e. The van der Waals surface area contributed by atoms with Crippen molar-refractivity contribution in [2.24, 2.45) is 5.73 Å². The number of hydrogen-bond acceptors (Lipinski definition) is 3. The molecule has 0 bridgehead atoms. The summed E-state index contributed by atoms with van der Waals surface area (Å²) in [7, 11) is 0. The van der Waals surface area contributed by atoms with Crippen LogP contribution in [0.25, 0.3) is 5.65 Å². The molecule has 3 N–H and O–H groups in total. The van der Waals surface area contributed by atoms with E-state index in [1.807, 2.05) is 28.9 Å². The van der Waals surface area contributed by atoms with Crippen LogP contribution >= 0.6 is 11.6 Å². The summed E-state index contributed by atoms with van der Waals surface area (Å²) in [4.78, 5) is 15.0. The van der Waals surface area contributed by atoms with Crippen LogP contribution in [0.4, 0.5) is 0 Å². The van der Waals surface area contributed by atoms with Crippen LogP contribution in [0.15, 0.2) is 24.5 Å². The smallest absolute Gasteiger partial charge is 0.217 e. The van der Waals surface area contributed by atoms with Gasteiger partial charge in [-0.3, -0.25) is 4.79 Å². The molecule has 0 radical (unpaired) electrons. The zero-order valence-electron chi connectivity index (χ0n) is 9.90. The Balaban J connectivity index is 1.86. The molecule has 0 saturated carbocycles. The lowest BCUT2D eigenvalue weighted by molar-refractivity contribution is -0.118. The first-order valence-electron chi connectivity index (χ1n) is 5.77. The molecule has 0 spiro atoms. The molecule has 0 aliphatic rings. The minimum absolute atomic E-state index is 0.265. The lowest BCUT2D eigenvalue weighted by atomic mass is 10.3. The molecular formula is C12H15ClN4O. The van der Waals surface area contributed by atoms with Gasteiger partial charge in [0.15, 0.2) is 0 Å². The summed E-state index contributed by atoms with van der Waals surface area (Å²) in [6, 6.07) is 3.69. The molecule has 0 saturated heterocycles. The zero-order chi connectivity index (χ0) is 13.0. The Labute approximate surface area is 110 Å². The Morgan fingerprint density at radius 3 is 3.06 bits per heavy atom. The van der Waals surface area contributed by atoms with Gasteiger partial charge in [-0.1, -0.05) is 11.6 Å². The van der Waals surface area contributed by atoms with E-state index in [4.69, 9.17) is 17.3 Å². The number of primary amides is 1. The number of aromatic nitrogens is 2. The molecule has 0 aliphatic heterocycles. The quantitative estimate of drug-likeness (QED) is 0.775. The molecule has 2 heterocycles. The average Bonchev–Trinajstić information content (AvgIpc) is 2.70. The maximum atomic E-state index is 10.5. The standard InChI is InChI=1S/C12H15ClN4O/c13-9-3-4-12-16-10(8-17(12)7-9)6-15-5-1-2-11(14)18/h3-4,7-8,15H,1-2,5-6H2,(H2,14,18). The van der Waals surface area contributed by atoms with Crippen molar-refractivity contribution in [2.75, 3.05) is 6.54 Å². The van der Waals surface area contributed by atoms with E-state index >= 15 is 0 Å². The summed E-state index contributed by atoms with van der Waals surface area (Å²) in [6.45, 7) is 1.41. The highest BCUT2D eigenvalue weighted by Crippen LogP contribution is 2.11. The molecular weight excluding hydrogens is 252 g/mol. The maximum absolute atomic E-state index is 10.5. The summed E-state index contributed by atoms with van der Waals surface area (Å²) in [6.07, 6.45) is 4.91. The van der Waals surface area contributed by atoms with Gasteiger partial charge in [-0.25, -0.2) is 4.98 Å². The predicted molar refractivity (Wildman–Crippen MR) is 70.3 cm³/mol. The number of rotatable bonds is 6. The van der Waals surface area contributed by atoms with E-state index in [1.165, 1.54) is 0 Å². The highest BCUT2D eigenvalue weighted by Gasteiger charge is 2.01. The molecule has 0 unspecified atom stereocenters. The first-order chi connectivity index (χ1) is 8.65. The van der Waals surface area contributed by atoms with Crippen molar-refractivity contribution in [3.8, 4) is 0 Å². The number of nitrogens with zero attached hydrogens (tertiary/aromatic N) is 2. The molecule has 0 fully saturated rings. The molecule has 2 aromatic heterocycles. The second-order valence-electron chi connectivity index (χ2n) is 4.09. The van der Waals surface area contributed by atoms with Crippen molar-refractivity contribution in [1.82, 2.24) is 14.7 Å². The van der Waals surface area contributed by atoms with Crippen molar-refractivity contribution in [3.63, 3.8) is 0 Å². The first kappa shape index (κ1) is 12.9. The number of halogens is 1. The third-order valence-electron chi connectivity index (χ3n) is 2.55. The third kappa shape index (κ3) is 3.45. The van der Waals surface area contributed by atoms with Gasteiger partial charge in [0.25, 0.3) is 0 Å². The first-order valence-corrected chi connectivity index (χ1v) is 6.15. The van der Waals surface area contributed by atoms with Crippen molar-refractivity contribution in [2.45, 2.75) is 19.4 Å². The second kappa shape index (κ2) is 5.84. The van der Waals surface area contributed by atoms with E-state index < -0.39 is 0 Å². The lowest BCUT2D eigenvalue weighted by Gasteiger charge is -2.00. The van der Waals surface area contributed by atoms with Crippen LogP contribution in [-0.4, -0.2) is 21.8 Å². The van der Waals surface area contributed by atoms with Crippen molar-refractivity contribution >= 4 is 23.2 Å². The second-order valence-corrected chi connectivity index (χ2v) is 4.53. The normalized spacial score (nSPS) is 10.9. The Morgan fingerprint density at radius 1 is 1.44 bits per heavy atom. The fourth-order valence-corrected chi connectivity index (χ4v) is 1.87. The molecule has 18 heavy (non-hydrogen) atoms. The lowest BCUT2D eigenvalue weighted by Crippen LogP contribution is -2.18. The van der Waals surface area contributed by atoms with E-state index in [0.29, 0.717) is 18.0 Å². The summed E-state index contributed by atoms with van der Waals surface area (Å²) in [5.74, 6) is -0.265. The number of nitrogens with two attached hydrogens (primary N) is 1. The van der Waals surface area contributed by atoms with E-state index in [0.717, 1.165) is 24.3 Å². The number of carbonyl (C=O) groups is 1. The van der Waals surface area contributed by atoms with Crippen molar-refractivity contribution < 1.29 is 4.79 Å². The van der Waals surface area contributed by atoms with Gasteiger partial charge in [-0.05, 0) is 25.1 Å². The molecule has 2 rings (SSSR count). The number of fused-ring (bicyclic) bond motifs is 1. The van der Waals surface area contributed by atoms with Crippen LogP contribution in [-0.2, 0) is 11.3 Å². The third-order valence-corrected chi connectivity index (χ3v) is 2.77. The monoisotopic (exact) mass is 266 g/mol. The van der Waals surface area contributed by atoms with Crippen LogP contribution in [0.5, 0.6) is 0 Å². The molecule has 1 amide bonds. The minimum atomic E-state index is -0.265. The van der Waals surface area contributed by atoms with Gasteiger partial charge >= 0.3 is 0 Å². The Bertz CT molecular complexity index is 552. The van der Waals surface area contributed by atoms with Crippen LogP contribution in [0.1, 0.15) is 18.5 Å². The highest BCUT2D eigenvalue weighted by atomic mass is 35.5. The Hall–Kier alpha value is -1.59. The van der Waals surface area contributed by atoms with Crippen LogP contribution in [0, 0.1) is 0 Å². The average molecular weight is 267 g/mol. The molecule has 5 nitrogen and oxygen atoms in total. The molecule has 0 atom stereocenters. The number of hydrogen-bond donors (Lipinski definition) is 2. The molecule has 6 heteroatoms. The van der Waals surface area contributed by atoms with Crippen molar-refractivity contribution in [3.05, 3.63) is 35.2 Å². The van der Waals surface area contributed by atoms with Crippen LogP contribution < -0.4 is 11.1 Å².